The van der Waals surface area contributed by atoms with Crippen molar-refractivity contribution in [1.29, 1.82) is 0 Å². The van der Waals surface area contributed by atoms with Crippen LogP contribution in [0.2, 0.25) is 0 Å². The maximum Gasteiger partial charge on any atom is 0.206 e. The van der Waals surface area contributed by atoms with Crippen LogP contribution >= 0.6 is 0 Å². The molecule has 3 heteroatoms. The van der Waals surface area contributed by atoms with Gasteiger partial charge < -0.3 is 0 Å². The molecule has 0 aliphatic rings. The van der Waals surface area contributed by atoms with Gasteiger partial charge in [-0.25, -0.2) is 8.42 Å². The van der Waals surface area contributed by atoms with Crippen LogP contribution in [0.4, 0.5) is 0 Å². The van der Waals surface area contributed by atoms with Crippen molar-refractivity contribution in [3.8, 4) is 0 Å². The molecule has 0 aromatic heterocycles. The molecule has 0 aliphatic carbocycles. The predicted molar refractivity (Wildman–Crippen MR) is 78.2 cm³/mol. The third kappa shape index (κ3) is 4.00. The Bertz CT molecular complexity index is 520. The third-order valence-corrected chi connectivity index (χ3v) is 3.94. The fourth-order valence-electron chi connectivity index (χ4n) is 1.24. The van der Waals surface area contributed by atoms with E-state index >= 15 is 0 Å². The Morgan fingerprint density at radius 1 is 1.11 bits per heavy atom. The zero-order valence-corrected chi connectivity index (χ0v) is 12.0. The van der Waals surface area contributed by atoms with E-state index in [4.69, 9.17) is 0 Å². The molecule has 98 valence electrons. The summed E-state index contributed by atoms with van der Waals surface area (Å²) >= 11 is 0. The van der Waals surface area contributed by atoms with Gasteiger partial charge in [0.05, 0.1) is 9.80 Å². The van der Waals surface area contributed by atoms with E-state index in [1.54, 1.807) is 24.3 Å². The lowest BCUT2D eigenvalue weighted by atomic mass is 10.2. The van der Waals surface area contributed by atoms with Crippen molar-refractivity contribution in [2.24, 2.45) is 0 Å². The summed E-state index contributed by atoms with van der Waals surface area (Å²) < 4.78 is 24.2. The molecule has 0 fully saturated rings. The van der Waals surface area contributed by atoms with E-state index in [-0.39, 0.29) is 9.80 Å². The molecule has 18 heavy (non-hydrogen) atoms. The second kappa shape index (κ2) is 7.67. The van der Waals surface area contributed by atoms with Gasteiger partial charge in [0.1, 0.15) is 0 Å². The van der Waals surface area contributed by atoms with Crippen LogP contribution in [0.1, 0.15) is 19.4 Å². The van der Waals surface area contributed by atoms with E-state index < -0.39 is 9.84 Å². The average molecular weight is 264 g/mol. The van der Waals surface area contributed by atoms with Gasteiger partial charge in [0, 0.05) is 0 Å². The van der Waals surface area contributed by atoms with E-state index in [1.165, 1.54) is 18.2 Å². The first-order valence-corrected chi connectivity index (χ1v) is 7.27. The molecule has 1 rings (SSSR count). The van der Waals surface area contributed by atoms with E-state index in [9.17, 15) is 8.42 Å². The second-order valence-corrected chi connectivity index (χ2v) is 5.28. The molecule has 0 amide bonds. The Labute approximate surface area is 110 Å². The van der Waals surface area contributed by atoms with Crippen molar-refractivity contribution in [3.05, 3.63) is 66.1 Å². The monoisotopic (exact) mass is 264 g/mol. The van der Waals surface area contributed by atoms with Gasteiger partial charge in [0.25, 0.3) is 0 Å². The van der Waals surface area contributed by atoms with E-state index in [0.29, 0.717) is 0 Å². The van der Waals surface area contributed by atoms with Crippen LogP contribution in [0.25, 0.3) is 0 Å². The zero-order chi connectivity index (χ0) is 14.2. The molecule has 0 bridgehead atoms. The van der Waals surface area contributed by atoms with Crippen LogP contribution < -0.4 is 0 Å². The Morgan fingerprint density at radius 2 is 1.61 bits per heavy atom. The summed E-state index contributed by atoms with van der Waals surface area (Å²) in [5, 5.41) is 0. The summed E-state index contributed by atoms with van der Waals surface area (Å²) in [4.78, 5) is 0.428. The van der Waals surface area contributed by atoms with Crippen LogP contribution in [0.3, 0.4) is 0 Å². The Balaban J connectivity index is 0.00000137. The summed E-state index contributed by atoms with van der Waals surface area (Å²) in [6, 6.07) is 6.71. The van der Waals surface area contributed by atoms with Crippen LogP contribution in [0, 0.1) is 6.92 Å². The van der Waals surface area contributed by atoms with Gasteiger partial charge in [-0.15, -0.1) is 0 Å². The maximum atomic E-state index is 12.1. The van der Waals surface area contributed by atoms with Crippen LogP contribution in [-0.2, 0) is 9.84 Å². The molecule has 0 N–H and O–H groups in total. The van der Waals surface area contributed by atoms with Gasteiger partial charge in [-0.2, -0.15) is 0 Å². The number of benzene rings is 1. The molecule has 0 saturated carbocycles. The number of allylic oxidation sites excluding steroid dienone is 3. The number of hydrogen-bond donors (Lipinski definition) is 0. The van der Waals surface area contributed by atoms with Gasteiger partial charge in [-0.3, -0.25) is 0 Å². The highest BCUT2D eigenvalue weighted by Crippen LogP contribution is 2.20. The largest absolute Gasteiger partial charge is 0.219 e. The average Bonchev–Trinajstić information content (AvgIpc) is 2.38. The molecule has 1 aromatic rings. The lowest BCUT2D eigenvalue weighted by Crippen LogP contribution is -2.02. The first-order chi connectivity index (χ1) is 8.52. The van der Waals surface area contributed by atoms with Crippen molar-refractivity contribution in [2.45, 2.75) is 25.7 Å². The number of aryl methyl sites for hydroxylation is 1. The van der Waals surface area contributed by atoms with Crippen LogP contribution in [-0.4, -0.2) is 8.42 Å². The molecule has 0 atom stereocenters. The smallest absolute Gasteiger partial charge is 0.206 e. The normalized spacial score (nSPS) is 11.2. The van der Waals surface area contributed by atoms with Gasteiger partial charge in [0.15, 0.2) is 0 Å². The van der Waals surface area contributed by atoms with Gasteiger partial charge in [-0.1, -0.05) is 56.9 Å². The molecule has 0 spiro atoms. The molecule has 1 aromatic carbocycles. The van der Waals surface area contributed by atoms with Crippen LogP contribution in [0.15, 0.2) is 65.5 Å². The minimum atomic E-state index is -3.46. The Morgan fingerprint density at radius 3 is 2.00 bits per heavy atom. The van der Waals surface area contributed by atoms with E-state index in [2.05, 4.69) is 13.2 Å². The molecule has 0 aliphatic heterocycles. The summed E-state index contributed by atoms with van der Waals surface area (Å²) in [6.07, 6.45) is 4.18. The molecular weight excluding hydrogens is 244 g/mol. The summed E-state index contributed by atoms with van der Waals surface area (Å²) in [7, 11) is -3.46. The van der Waals surface area contributed by atoms with E-state index in [0.717, 1.165) is 5.56 Å². The van der Waals surface area contributed by atoms with Crippen molar-refractivity contribution in [3.63, 3.8) is 0 Å². The molecule has 0 radical (unpaired) electrons. The Kier molecular flexibility index (Phi) is 6.98. The van der Waals surface area contributed by atoms with E-state index in [1.807, 2.05) is 20.8 Å². The van der Waals surface area contributed by atoms with Crippen molar-refractivity contribution < 1.29 is 8.42 Å². The molecule has 0 saturated heterocycles. The zero-order valence-electron chi connectivity index (χ0n) is 11.2. The lowest BCUT2D eigenvalue weighted by Gasteiger charge is -2.04. The SMILES string of the molecule is C=C/C=C(\C=C)S(=O)(=O)c1ccc(C)cc1.CC. The first kappa shape index (κ1) is 16.4. The van der Waals surface area contributed by atoms with Crippen LogP contribution in [0.5, 0.6) is 0 Å². The molecule has 0 unspecified atom stereocenters. The highest BCUT2D eigenvalue weighted by atomic mass is 32.2. The predicted octanol–water partition coefficient (Wildman–Crippen LogP) is 4.05. The minimum absolute atomic E-state index is 0.159. The molecule has 2 nitrogen and oxygen atoms in total. The minimum Gasteiger partial charge on any atom is -0.219 e. The fraction of sp³-hybridized carbons (Fsp3) is 0.200. The second-order valence-electron chi connectivity index (χ2n) is 3.33. The highest BCUT2D eigenvalue weighted by molar-refractivity contribution is 7.95. The summed E-state index contributed by atoms with van der Waals surface area (Å²) in [5.41, 5.74) is 1.02. The Hall–Kier alpha value is -1.61. The maximum absolute atomic E-state index is 12.1. The molecular formula is C15H20O2S. The molecule has 0 heterocycles. The number of sulfone groups is 1. The van der Waals surface area contributed by atoms with Gasteiger partial charge >= 0.3 is 0 Å². The fourth-order valence-corrected chi connectivity index (χ4v) is 2.50. The third-order valence-electron chi connectivity index (χ3n) is 2.12. The van der Waals surface area contributed by atoms with Crippen molar-refractivity contribution in [2.75, 3.05) is 0 Å². The quantitative estimate of drug-likeness (QED) is 0.769. The van der Waals surface area contributed by atoms with Crippen molar-refractivity contribution in [1.82, 2.24) is 0 Å². The topological polar surface area (TPSA) is 34.1 Å². The number of hydrogen-bond acceptors (Lipinski definition) is 2. The van der Waals surface area contributed by atoms with Crippen molar-refractivity contribution >= 4 is 9.84 Å². The summed E-state index contributed by atoms with van der Waals surface area (Å²) in [6.45, 7) is 12.9. The number of rotatable bonds is 4. The standard InChI is InChI=1S/C13H14O2S.C2H6/c1-4-6-12(5-2)16(14,15)13-9-7-11(3)8-10-13;1-2/h4-10H,1-2H2,3H3;1-2H3/b12-6+;. The van der Waals surface area contributed by atoms with Gasteiger partial charge in [-0.05, 0) is 25.1 Å². The highest BCUT2D eigenvalue weighted by Gasteiger charge is 2.17. The first-order valence-electron chi connectivity index (χ1n) is 5.79. The van der Waals surface area contributed by atoms with Gasteiger partial charge in [0.2, 0.25) is 9.84 Å². The lowest BCUT2D eigenvalue weighted by molar-refractivity contribution is 0.603. The summed E-state index contributed by atoms with van der Waals surface area (Å²) in [5.74, 6) is 0.